The molecule has 2 amide bonds. The number of carbonyl (C=O) groups is 2. The lowest BCUT2D eigenvalue weighted by molar-refractivity contribution is -0.121. The van der Waals surface area contributed by atoms with Gasteiger partial charge < -0.3 is 5.73 Å². The predicted molar refractivity (Wildman–Crippen MR) is 101 cm³/mol. The second kappa shape index (κ2) is 7.76. The van der Waals surface area contributed by atoms with E-state index in [-0.39, 0.29) is 23.4 Å². The molecule has 1 atom stereocenters. The molecule has 2 aromatic rings. The summed E-state index contributed by atoms with van der Waals surface area (Å²) < 4.78 is 0. The van der Waals surface area contributed by atoms with E-state index in [1.54, 1.807) is 30.5 Å². The molecule has 7 heteroatoms. The second-order valence-electron chi connectivity index (χ2n) is 5.31. The summed E-state index contributed by atoms with van der Waals surface area (Å²) in [6.45, 7) is 0. The van der Waals surface area contributed by atoms with Gasteiger partial charge in [0.2, 0.25) is 11.8 Å². The summed E-state index contributed by atoms with van der Waals surface area (Å²) in [5.74, 6) is -0.527. The Morgan fingerprint density at radius 1 is 1.08 bits per heavy atom. The summed E-state index contributed by atoms with van der Waals surface area (Å²) in [6.07, 6.45) is 1.67. The topological polar surface area (TPSA) is 88.1 Å². The zero-order valence-corrected chi connectivity index (χ0v) is 14.1. The summed E-state index contributed by atoms with van der Waals surface area (Å²) >= 11 is 1.05. The number of thioether (sulfide) groups is 1. The lowest BCUT2D eigenvalue weighted by Crippen LogP contribution is -2.31. The molecule has 0 aliphatic carbocycles. The molecule has 0 unspecified atom stereocenters. The zero-order chi connectivity index (χ0) is 17.6. The van der Waals surface area contributed by atoms with Crippen LogP contribution in [0.2, 0.25) is 0 Å². The summed E-state index contributed by atoms with van der Waals surface area (Å²) in [6, 6.07) is 18.3. The van der Waals surface area contributed by atoms with Crippen LogP contribution in [0.15, 0.2) is 70.9 Å². The maximum Gasteiger partial charge on any atom is 0.247 e. The number of anilines is 1. The molecule has 0 radical (unpaired) electrons. The van der Waals surface area contributed by atoms with Gasteiger partial charge in [-0.3, -0.25) is 9.59 Å². The Morgan fingerprint density at radius 2 is 1.72 bits per heavy atom. The molecule has 0 bridgehead atoms. The van der Waals surface area contributed by atoms with Crippen molar-refractivity contribution in [3.63, 3.8) is 0 Å². The number of nitrogens with zero attached hydrogens (tertiary/aromatic N) is 3. The first-order valence-electron chi connectivity index (χ1n) is 7.65. The highest BCUT2D eigenvalue weighted by atomic mass is 32.2. The molecule has 6 nitrogen and oxygen atoms in total. The van der Waals surface area contributed by atoms with Crippen molar-refractivity contribution >= 4 is 40.6 Å². The van der Waals surface area contributed by atoms with Crippen LogP contribution in [0.5, 0.6) is 0 Å². The SMILES string of the molecule is NC(=NN=Cc1ccccc1)S[C@@H]1CC(=O)N(c2ccccc2)C1=O. The maximum atomic E-state index is 12.5. The zero-order valence-electron chi connectivity index (χ0n) is 13.3. The van der Waals surface area contributed by atoms with Gasteiger partial charge in [-0.1, -0.05) is 60.3 Å². The Morgan fingerprint density at radius 3 is 2.40 bits per heavy atom. The van der Waals surface area contributed by atoms with Crippen molar-refractivity contribution in [2.45, 2.75) is 11.7 Å². The molecule has 2 N–H and O–H groups in total. The van der Waals surface area contributed by atoms with Gasteiger partial charge in [-0.25, -0.2) is 4.90 Å². The summed E-state index contributed by atoms with van der Waals surface area (Å²) in [7, 11) is 0. The van der Waals surface area contributed by atoms with E-state index >= 15 is 0 Å². The fourth-order valence-corrected chi connectivity index (χ4v) is 3.22. The lowest BCUT2D eigenvalue weighted by Gasteiger charge is -2.14. The molecule has 0 spiro atoms. The second-order valence-corrected chi connectivity index (χ2v) is 6.53. The van der Waals surface area contributed by atoms with E-state index in [0.717, 1.165) is 17.3 Å². The Balaban J connectivity index is 1.65. The van der Waals surface area contributed by atoms with Crippen LogP contribution in [0.1, 0.15) is 12.0 Å². The Bertz CT molecular complexity index is 821. The predicted octanol–water partition coefficient (Wildman–Crippen LogP) is 2.40. The minimum Gasteiger partial charge on any atom is -0.377 e. The van der Waals surface area contributed by atoms with Crippen LogP contribution in [0.4, 0.5) is 5.69 Å². The van der Waals surface area contributed by atoms with Crippen molar-refractivity contribution in [1.82, 2.24) is 0 Å². The number of amides is 2. The van der Waals surface area contributed by atoms with Crippen molar-refractivity contribution < 1.29 is 9.59 Å². The van der Waals surface area contributed by atoms with Gasteiger partial charge in [0, 0.05) is 6.42 Å². The highest BCUT2D eigenvalue weighted by molar-refractivity contribution is 8.14. The van der Waals surface area contributed by atoms with Gasteiger partial charge in [-0.15, -0.1) is 5.10 Å². The highest BCUT2D eigenvalue weighted by Gasteiger charge is 2.40. The number of benzene rings is 2. The third kappa shape index (κ3) is 4.13. The quantitative estimate of drug-likeness (QED) is 0.396. The van der Waals surface area contributed by atoms with Gasteiger partial charge in [0.1, 0.15) is 5.25 Å². The Labute approximate surface area is 149 Å². The highest BCUT2D eigenvalue weighted by Crippen LogP contribution is 2.29. The van der Waals surface area contributed by atoms with Crippen molar-refractivity contribution in [1.29, 1.82) is 0 Å². The molecule has 1 saturated heterocycles. The molecule has 1 fully saturated rings. The van der Waals surface area contributed by atoms with Gasteiger partial charge in [-0.05, 0) is 17.7 Å². The third-order valence-electron chi connectivity index (χ3n) is 3.55. The molecule has 1 heterocycles. The van der Waals surface area contributed by atoms with Gasteiger partial charge >= 0.3 is 0 Å². The minimum absolute atomic E-state index is 0.0943. The van der Waals surface area contributed by atoms with Crippen molar-refractivity contribution in [2.75, 3.05) is 4.90 Å². The molecular formula is C18H16N4O2S. The van der Waals surface area contributed by atoms with Crippen molar-refractivity contribution in [2.24, 2.45) is 15.9 Å². The normalized spacial score (nSPS) is 18.3. The fourth-order valence-electron chi connectivity index (χ4n) is 2.41. The van der Waals surface area contributed by atoms with Crippen LogP contribution in [0, 0.1) is 0 Å². The number of nitrogens with two attached hydrogens (primary N) is 1. The van der Waals surface area contributed by atoms with E-state index in [2.05, 4.69) is 10.2 Å². The van der Waals surface area contributed by atoms with Crippen LogP contribution in [-0.4, -0.2) is 28.4 Å². The van der Waals surface area contributed by atoms with Gasteiger partial charge in [0.05, 0.1) is 11.9 Å². The first-order chi connectivity index (χ1) is 12.1. The van der Waals surface area contributed by atoms with E-state index in [1.807, 2.05) is 36.4 Å². The van der Waals surface area contributed by atoms with Crippen LogP contribution in [0.25, 0.3) is 0 Å². The Hall–Kier alpha value is -2.93. The first kappa shape index (κ1) is 16.9. The molecular weight excluding hydrogens is 336 g/mol. The number of amidine groups is 1. The summed E-state index contributed by atoms with van der Waals surface area (Å²) in [4.78, 5) is 25.8. The standard InChI is InChI=1S/C18H16N4O2S/c19-18(21-20-12-13-7-3-1-4-8-13)25-15-11-16(23)22(17(15)24)14-9-5-2-6-10-14/h1-10,12,15H,11H2,(H2,19,21)/t15-/m1/s1. The van der Waals surface area contributed by atoms with E-state index in [1.165, 1.54) is 4.90 Å². The molecule has 126 valence electrons. The van der Waals surface area contributed by atoms with E-state index in [9.17, 15) is 9.59 Å². The number of imide groups is 1. The smallest absolute Gasteiger partial charge is 0.247 e. The molecule has 1 aliphatic heterocycles. The van der Waals surface area contributed by atoms with Crippen LogP contribution in [-0.2, 0) is 9.59 Å². The van der Waals surface area contributed by atoms with Crippen molar-refractivity contribution in [3.8, 4) is 0 Å². The lowest BCUT2D eigenvalue weighted by atomic mass is 10.2. The molecule has 2 aromatic carbocycles. The summed E-state index contributed by atoms with van der Waals surface area (Å²) in [5.41, 5.74) is 7.29. The van der Waals surface area contributed by atoms with E-state index in [0.29, 0.717) is 5.69 Å². The molecule has 0 saturated carbocycles. The van der Waals surface area contributed by atoms with Crippen molar-refractivity contribution in [3.05, 3.63) is 66.2 Å². The molecule has 1 aliphatic rings. The van der Waals surface area contributed by atoms with E-state index < -0.39 is 5.25 Å². The average molecular weight is 352 g/mol. The molecule has 3 rings (SSSR count). The summed E-state index contributed by atoms with van der Waals surface area (Å²) in [5, 5.41) is 7.36. The number of rotatable bonds is 4. The van der Waals surface area contributed by atoms with Crippen LogP contribution >= 0.6 is 11.8 Å². The molecule has 25 heavy (non-hydrogen) atoms. The number of para-hydroxylation sites is 1. The minimum atomic E-state index is -0.580. The van der Waals surface area contributed by atoms with Gasteiger partial charge in [0.25, 0.3) is 0 Å². The van der Waals surface area contributed by atoms with Crippen LogP contribution in [0.3, 0.4) is 0 Å². The number of hydrogen-bond acceptors (Lipinski definition) is 5. The fraction of sp³-hybridized carbons (Fsp3) is 0.111. The Kier molecular flexibility index (Phi) is 5.25. The average Bonchev–Trinajstić information content (AvgIpc) is 2.90. The largest absolute Gasteiger partial charge is 0.377 e. The number of hydrogen-bond donors (Lipinski definition) is 1. The maximum absolute atomic E-state index is 12.5. The van der Waals surface area contributed by atoms with Gasteiger partial charge in [0.15, 0.2) is 5.17 Å². The molecule has 0 aromatic heterocycles. The first-order valence-corrected chi connectivity index (χ1v) is 8.53. The number of carbonyl (C=O) groups excluding carboxylic acids is 2. The third-order valence-corrected chi connectivity index (χ3v) is 4.52. The van der Waals surface area contributed by atoms with Crippen LogP contribution < -0.4 is 10.6 Å². The monoisotopic (exact) mass is 352 g/mol. The van der Waals surface area contributed by atoms with E-state index in [4.69, 9.17) is 5.73 Å². The van der Waals surface area contributed by atoms with Gasteiger partial charge in [-0.2, -0.15) is 5.10 Å².